The Morgan fingerprint density at radius 1 is 1.14 bits per heavy atom. The second kappa shape index (κ2) is 6.79. The van der Waals surface area contributed by atoms with Gasteiger partial charge in [0.2, 0.25) is 10.0 Å². The van der Waals surface area contributed by atoms with Gasteiger partial charge in [-0.2, -0.15) is 4.72 Å². The van der Waals surface area contributed by atoms with E-state index in [-0.39, 0.29) is 4.90 Å². The molecule has 0 amide bonds. The summed E-state index contributed by atoms with van der Waals surface area (Å²) in [5.41, 5.74) is 0.456. The number of hydrogen-bond acceptors (Lipinski definition) is 4. The zero-order valence-electron chi connectivity index (χ0n) is 14.0. The van der Waals surface area contributed by atoms with E-state index in [0.29, 0.717) is 5.92 Å². The summed E-state index contributed by atoms with van der Waals surface area (Å²) < 4.78 is 32.1. The van der Waals surface area contributed by atoms with Crippen molar-refractivity contribution in [3.63, 3.8) is 0 Å². The first kappa shape index (κ1) is 18.6. The van der Waals surface area contributed by atoms with Crippen LogP contribution in [0.2, 0.25) is 0 Å². The normalized spacial score (nSPS) is 14.0. The van der Waals surface area contributed by atoms with E-state index in [0.717, 1.165) is 5.56 Å². The molecule has 124 valence electrons. The fourth-order valence-corrected chi connectivity index (χ4v) is 3.34. The first-order valence-electron chi connectivity index (χ1n) is 7.19. The molecule has 0 aromatic heterocycles. The lowest BCUT2D eigenvalue weighted by Crippen LogP contribution is -2.49. The van der Waals surface area contributed by atoms with Gasteiger partial charge in [-0.15, -0.1) is 0 Å². The zero-order valence-corrected chi connectivity index (χ0v) is 14.8. The maximum absolute atomic E-state index is 12.5. The summed E-state index contributed by atoms with van der Waals surface area (Å²) in [6.45, 7) is 9.40. The Kier molecular flexibility index (Phi) is 5.76. The fraction of sp³-hybridized carbons (Fsp3) is 0.562. The highest BCUT2D eigenvalue weighted by atomic mass is 32.2. The van der Waals surface area contributed by atoms with Gasteiger partial charge in [-0.05, 0) is 29.0 Å². The lowest BCUT2D eigenvalue weighted by Gasteiger charge is -2.28. The highest BCUT2D eigenvalue weighted by molar-refractivity contribution is 7.89. The van der Waals surface area contributed by atoms with Crippen molar-refractivity contribution in [1.82, 2.24) is 4.72 Å². The van der Waals surface area contributed by atoms with Crippen LogP contribution in [-0.2, 0) is 19.6 Å². The average molecular weight is 327 g/mol. The third-order valence-electron chi connectivity index (χ3n) is 3.43. The fourth-order valence-electron chi connectivity index (χ4n) is 1.95. The minimum Gasteiger partial charge on any atom is -0.468 e. The maximum atomic E-state index is 12.5. The number of esters is 1. The molecule has 0 bridgehead atoms. The number of sulfonamides is 1. The van der Waals surface area contributed by atoms with Gasteiger partial charge in [0.1, 0.15) is 6.04 Å². The molecule has 1 aromatic rings. The number of carbonyl (C=O) groups is 1. The summed E-state index contributed by atoms with van der Waals surface area (Å²) in [5.74, 6) is -0.281. The van der Waals surface area contributed by atoms with Gasteiger partial charge >= 0.3 is 5.97 Å². The number of hydrogen-bond donors (Lipinski definition) is 1. The lowest BCUT2D eigenvalue weighted by molar-refractivity contribution is -0.145. The van der Waals surface area contributed by atoms with Gasteiger partial charge in [-0.1, -0.05) is 46.8 Å². The van der Waals surface area contributed by atoms with Gasteiger partial charge in [0, 0.05) is 0 Å². The minimum absolute atomic E-state index is 0.134. The van der Waals surface area contributed by atoms with Gasteiger partial charge in [-0.3, -0.25) is 4.79 Å². The van der Waals surface area contributed by atoms with E-state index in [1.54, 1.807) is 45.0 Å². The van der Waals surface area contributed by atoms with Crippen LogP contribution in [0.4, 0.5) is 0 Å². The molecule has 22 heavy (non-hydrogen) atoms. The van der Waals surface area contributed by atoms with Crippen LogP contribution < -0.4 is 4.72 Å². The second-order valence-electron chi connectivity index (χ2n) is 6.67. The Morgan fingerprint density at radius 2 is 1.64 bits per heavy atom. The highest BCUT2D eigenvalue weighted by Crippen LogP contribution is 2.23. The number of rotatable bonds is 5. The predicted molar refractivity (Wildman–Crippen MR) is 86.1 cm³/mol. The molecule has 1 aromatic carbocycles. The molecular formula is C16H25NO4S. The summed E-state index contributed by atoms with van der Waals surface area (Å²) in [7, 11) is -2.55. The summed E-state index contributed by atoms with van der Waals surface area (Å²) in [5, 5.41) is 0. The number of carbonyl (C=O) groups excluding carboxylic acids is 1. The molecule has 0 saturated heterocycles. The van der Waals surface area contributed by atoms with Crippen LogP contribution in [-0.4, -0.2) is 27.5 Å². The van der Waals surface area contributed by atoms with E-state index < -0.39 is 27.4 Å². The summed E-state index contributed by atoms with van der Waals surface area (Å²) >= 11 is 0. The summed E-state index contributed by atoms with van der Waals surface area (Å²) in [4.78, 5) is 12.0. The topological polar surface area (TPSA) is 72.5 Å². The number of ether oxygens (including phenoxy) is 1. The van der Waals surface area contributed by atoms with E-state index in [1.165, 1.54) is 7.11 Å². The van der Waals surface area contributed by atoms with Crippen molar-refractivity contribution in [1.29, 1.82) is 0 Å². The molecule has 6 heteroatoms. The molecule has 0 aliphatic heterocycles. The van der Waals surface area contributed by atoms with Gasteiger partial charge in [-0.25, -0.2) is 8.42 Å². The predicted octanol–water partition coefficient (Wildman–Crippen LogP) is 2.68. The minimum atomic E-state index is -3.79. The first-order valence-corrected chi connectivity index (χ1v) is 8.67. The van der Waals surface area contributed by atoms with E-state index >= 15 is 0 Å². The summed E-state index contributed by atoms with van der Waals surface area (Å²) in [6.07, 6.45) is 0. The molecule has 1 N–H and O–H groups in total. The molecule has 1 unspecified atom stereocenters. The molecule has 0 heterocycles. The van der Waals surface area contributed by atoms with Crippen molar-refractivity contribution < 1.29 is 17.9 Å². The Hall–Kier alpha value is -1.40. The van der Waals surface area contributed by atoms with Crippen LogP contribution in [0.5, 0.6) is 0 Å². The number of methoxy groups -OCH3 is 1. The molecule has 0 spiro atoms. The molecule has 0 radical (unpaired) electrons. The van der Waals surface area contributed by atoms with Crippen molar-refractivity contribution >= 4 is 16.0 Å². The third-order valence-corrected chi connectivity index (χ3v) is 4.87. The molecule has 5 nitrogen and oxygen atoms in total. The van der Waals surface area contributed by atoms with Crippen LogP contribution in [0.3, 0.4) is 0 Å². The van der Waals surface area contributed by atoms with E-state index in [9.17, 15) is 13.2 Å². The molecule has 0 saturated carbocycles. The first-order chi connectivity index (χ1) is 9.99. The number of nitrogens with one attached hydrogen (secondary N) is 1. The maximum Gasteiger partial charge on any atom is 0.324 e. The van der Waals surface area contributed by atoms with Crippen LogP contribution in [0.15, 0.2) is 29.2 Å². The molecule has 1 atom stereocenters. The van der Waals surface area contributed by atoms with E-state index in [1.807, 2.05) is 13.8 Å². The largest absolute Gasteiger partial charge is 0.468 e. The van der Waals surface area contributed by atoms with Gasteiger partial charge in [0.15, 0.2) is 0 Å². The monoisotopic (exact) mass is 327 g/mol. The van der Waals surface area contributed by atoms with Crippen LogP contribution in [0, 0.1) is 5.41 Å². The van der Waals surface area contributed by atoms with E-state index in [2.05, 4.69) is 4.72 Å². The molecule has 0 aliphatic rings. The zero-order chi connectivity index (χ0) is 17.1. The van der Waals surface area contributed by atoms with Crippen LogP contribution in [0.1, 0.15) is 46.1 Å². The smallest absolute Gasteiger partial charge is 0.324 e. The Bertz CT molecular complexity index is 613. The van der Waals surface area contributed by atoms with Crippen LogP contribution >= 0.6 is 0 Å². The summed E-state index contributed by atoms with van der Waals surface area (Å²) in [6, 6.07) is 5.71. The van der Waals surface area contributed by atoms with Crippen molar-refractivity contribution in [2.75, 3.05) is 7.11 Å². The highest BCUT2D eigenvalue weighted by Gasteiger charge is 2.36. The van der Waals surface area contributed by atoms with Gasteiger partial charge in [0.25, 0.3) is 0 Å². The van der Waals surface area contributed by atoms with Crippen molar-refractivity contribution in [2.24, 2.45) is 5.41 Å². The SMILES string of the molecule is COC(=O)C(NS(=O)(=O)c1ccc(C(C)C)cc1)C(C)(C)C. The Balaban J connectivity index is 3.10. The van der Waals surface area contributed by atoms with Crippen molar-refractivity contribution in [2.45, 2.75) is 51.5 Å². The number of benzene rings is 1. The lowest BCUT2D eigenvalue weighted by atomic mass is 9.87. The van der Waals surface area contributed by atoms with Crippen molar-refractivity contribution in [3.8, 4) is 0 Å². The standard InChI is InChI=1S/C16H25NO4S/c1-11(2)12-7-9-13(10-8-12)22(19,20)17-14(15(18)21-6)16(3,4)5/h7-11,14,17H,1-6H3. The molecule has 1 rings (SSSR count). The molecule has 0 aliphatic carbocycles. The Morgan fingerprint density at radius 3 is 2.00 bits per heavy atom. The molecular weight excluding hydrogens is 302 g/mol. The molecule has 0 fully saturated rings. The average Bonchev–Trinajstić information content (AvgIpc) is 2.43. The van der Waals surface area contributed by atoms with Gasteiger partial charge < -0.3 is 4.74 Å². The Labute approximate surface area is 133 Å². The van der Waals surface area contributed by atoms with Gasteiger partial charge in [0.05, 0.1) is 12.0 Å². The van der Waals surface area contributed by atoms with Crippen molar-refractivity contribution in [3.05, 3.63) is 29.8 Å². The third kappa shape index (κ3) is 4.55. The second-order valence-corrected chi connectivity index (χ2v) is 8.38. The van der Waals surface area contributed by atoms with Crippen LogP contribution in [0.25, 0.3) is 0 Å². The quantitative estimate of drug-likeness (QED) is 0.844. The van der Waals surface area contributed by atoms with E-state index in [4.69, 9.17) is 4.74 Å².